The summed E-state index contributed by atoms with van der Waals surface area (Å²) in [6, 6.07) is 4.13. The minimum absolute atomic E-state index is 0.237. The summed E-state index contributed by atoms with van der Waals surface area (Å²) in [4.78, 5) is 5.71. The fourth-order valence-electron chi connectivity index (χ4n) is 2.46. The number of nitrogens with zero attached hydrogens (tertiary/aromatic N) is 1. The van der Waals surface area contributed by atoms with E-state index < -0.39 is 0 Å². The molecule has 1 aliphatic heterocycles. The van der Waals surface area contributed by atoms with Crippen LogP contribution in [0.15, 0.2) is 18.3 Å². The maximum atomic E-state index is 5.83. The van der Waals surface area contributed by atoms with Gasteiger partial charge < -0.3 is 14.8 Å². The molecule has 5 heteroatoms. The van der Waals surface area contributed by atoms with Crippen LogP contribution in [0.2, 0.25) is 0 Å². The van der Waals surface area contributed by atoms with E-state index in [9.17, 15) is 0 Å². The van der Waals surface area contributed by atoms with Crippen LogP contribution in [-0.2, 0) is 13.0 Å². The summed E-state index contributed by atoms with van der Waals surface area (Å²) in [5, 5.41) is 4.11. The third-order valence-corrected chi connectivity index (χ3v) is 4.38. The molecule has 1 unspecified atom stereocenters. The minimum Gasteiger partial charge on any atom is -0.496 e. The number of aromatic nitrogens is 1. The van der Waals surface area contributed by atoms with Gasteiger partial charge in [-0.3, -0.25) is 0 Å². The van der Waals surface area contributed by atoms with E-state index >= 15 is 0 Å². The van der Waals surface area contributed by atoms with Gasteiger partial charge in [0.05, 0.1) is 12.7 Å². The van der Waals surface area contributed by atoms with Crippen molar-refractivity contribution >= 4 is 11.3 Å². The molecular formula is C15H18N2O2S. The lowest BCUT2D eigenvalue weighted by Gasteiger charge is -2.09. The summed E-state index contributed by atoms with van der Waals surface area (Å²) in [5.41, 5.74) is 2.22. The summed E-state index contributed by atoms with van der Waals surface area (Å²) in [6.07, 6.45) is 3.09. The Kier molecular flexibility index (Phi) is 3.63. The normalized spacial score (nSPS) is 16.9. The van der Waals surface area contributed by atoms with Gasteiger partial charge in [-0.1, -0.05) is 0 Å². The van der Waals surface area contributed by atoms with Gasteiger partial charge in [-0.15, -0.1) is 11.3 Å². The van der Waals surface area contributed by atoms with Crippen LogP contribution in [0.25, 0.3) is 10.6 Å². The van der Waals surface area contributed by atoms with Crippen LogP contribution in [0.4, 0.5) is 0 Å². The van der Waals surface area contributed by atoms with E-state index in [2.05, 4.69) is 29.4 Å². The molecular weight excluding hydrogens is 272 g/mol. The first kappa shape index (κ1) is 13.4. The predicted octanol–water partition coefficient (Wildman–Crippen LogP) is 2.86. The molecule has 0 fully saturated rings. The Balaban J connectivity index is 2.01. The average molecular weight is 290 g/mol. The number of thiazole rings is 1. The molecule has 1 aliphatic rings. The molecule has 2 aromatic rings. The summed E-state index contributed by atoms with van der Waals surface area (Å²) in [7, 11) is 3.64. The zero-order valence-corrected chi connectivity index (χ0v) is 12.7. The quantitative estimate of drug-likeness (QED) is 0.940. The fraction of sp³-hybridized carbons (Fsp3) is 0.400. The average Bonchev–Trinajstić information content (AvgIpc) is 3.02. The van der Waals surface area contributed by atoms with Gasteiger partial charge in [0.25, 0.3) is 0 Å². The Morgan fingerprint density at radius 2 is 2.35 bits per heavy atom. The Morgan fingerprint density at radius 3 is 3.10 bits per heavy atom. The maximum absolute atomic E-state index is 5.83. The molecule has 0 saturated carbocycles. The van der Waals surface area contributed by atoms with Gasteiger partial charge in [0, 0.05) is 29.6 Å². The summed E-state index contributed by atoms with van der Waals surface area (Å²) in [6.45, 7) is 2.92. The number of fused-ring (bicyclic) bond motifs is 1. The number of hydrogen-bond donors (Lipinski definition) is 1. The summed E-state index contributed by atoms with van der Waals surface area (Å²) >= 11 is 1.68. The van der Waals surface area contributed by atoms with Gasteiger partial charge in [0.1, 0.15) is 22.6 Å². The smallest absolute Gasteiger partial charge is 0.129 e. The molecule has 1 aromatic heterocycles. The molecule has 1 aromatic carbocycles. The van der Waals surface area contributed by atoms with Crippen LogP contribution in [0.1, 0.15) is 17.4 Å². The van der Waals surface area contributed by atoms with Gasteiger partial charge in [-0.2, -0.15) is 0 Å². The second-order valence-electron chi connectivity index (χ2n) is 4.95. The van der Waals surface area contributed by atoms with E-state index in [4.69, 9.17) is 9.47 Å². The van der Waals surface area contributed by atoms with Crippen LogP contribution < -0.4 is 14.8 Å². The lowest BCUT2D eigenvalue weighted by Crippen LogP contribution is -2.05. The largest absolute Gasteiger partial charge is 0.496 e. The van der Waals surface area contributed by atoms with Crippen molar-refractivity contribution in [2.75, 3.05) is 14.2 Å². The summed E-state index contributed by atoms with van der Waals surface area (Å²) in [5.74, 6) is 1.82. The van der Waals surface area contributed by atoms with Crippen molar-refractivity contribution in [3.63, 3.8) is 0 Å². The second kappa shape index (κ2) is 5.42. The van der Waals surface area contributed by atoms with Crippen molar-refractivity contribution < 1.29 is 9.47 Å². The Morgan fingerprint density at radius 1 is 1.50 bits per heavy atom. The third-order valence-electron chi connectivity index (χ3n) is 3.35. The Labute approximate surface area is 122 Å². The van der Waals surface area contributed by atoms with Gasteiger partial charge in [0.2, 0.25) is 0 Å². The highest BCUT2D eigenvalue weighted by molar-refractivity contribution is 7.15. The van der Waals surface area contributed by atoms with Crippen molar-refractivity contribution in [1.82, 2.24) is 10.3 Å². The molecule has 1 N–H and O–H groups in total. The van der Waals surface area contributed by atoms with Crippen LogP contribution in [0, 0.1) is 0 Å². The molecule has 1 atom stereocenters. The number of nitrogens with one attached hydrogen (secondary N) is 1. The first-order valence-electron chi connectivity index (χ1n) is 6.68. The van der Waals surface area contributed by atoms with E-state index in [1.165, 1.54) is 10.4 Å². The molecule has 2 heterocycles. The highest BCUT2D eigenvalue weighted by Crippen LogP contribution is 2.41. The van der Waals surface area contributed by atoms with Crippen LogP contribution in [0.3, 0.4) is 0 Å². The Hall–Kier alpha value is -1.59. The van der Waals surface area contributed by atoms with Crippen molar-refractivity contribution in [2.45, 2.75) is 26.0 Å². The number of ether oxygens (including phenoxy) is 2. The van der Waals surface area contributed by atoms with Crippen molar-refractivity contribution in [2.24, 2.45) is 0 Å². The molecule has 0 amide bonds. The lowest BCUT2D eigenvalue weighted by molar-refractivity contribution is 0.254. The minimum atomic E-state index is 0.237. The number of methoxy groups -OCH3 is 1. The summed E-state index contributed by atoms with van der Waals surface area (Å²) < 4.78 is 11.4. The van der Waals surface area contributed by atoms with E-state index in [1.807, 2.05) is 13.2 Å². The molecule has 0 aliphatic carbocycles. The van der Waals surface area contributed by atoms with Crippen LogP contribution in [-0.4, -0.2) is 25.2 Å². The molecule has 20 heavy (non-hydrogen) atoms. The molecule has 0 bridgehead atoms. The highest BCUT2D eigenvalue weighted by atomic mass is 32.1. The SMILES string of the molecule is CNCc1cnc(-c2cc3c(cc2OC)CC(C)O3)s1. The highest BCUT2D eigenvalue weighted by Gasteiger charge is 2.23. The zero-order valence-electron chi connectivity index (χ0n) is 11.9. The van der Waals surface area contributed by atoms with E-state index in [0.29, 0.717) is 0 Å². The van der Waals surface area contributed by atoms with Crippen molar-refractivity contribution in [1.29, 1.82) is 0 Å². The lowest BCUT2D eigenvalue weighted by atomic mass is 10.1. The first-order valence-corrected chi connectivity index (χ1v) is 7.50. The van der Waals surface area contributed by atoms with Crippen molar-refractivity contribution in [3.05, 3.63) is 28.8 Å². The molecule has 0 radical (unpaired) electrons. The molecule has 3 rings (SSSR count). The monoisotopic (exact) mass is 290 g/mol. The molecule has 4 nitrogen and oxygen atoms in total. The Bertz CT molecular complexity index is 624. The van der Waals surface area contributed by atoms with E-state index in [1.54, 1.807) is 18.4 Å². The molecule has 106 valence electrons. The molecule has 0 spiro atoms. The maximum Gasteiger partial charge on any atom is 0.129 e. The zero-order chi connectivity index (χ0) is 14.1. The van der Waals surface area contributed by atoms with Crippen LogP contribution >= 0.6 is 11.3 Å². The molecule has 0 saturated heterocycles. The fourth-order valence-corrected chi connectivity index (χ4v) is 3.41. The van der Waals surface area contributed by atoms with E-state index in [-0.39, 0.29) is 6.10 Å². The van der Waals surface area contributed by atoms with Crippen LogP contribution in [0.5, 0.6) is 11.5 Å². The van der Waals surface area contributed by atoms with Crippen molar-refractivity contribution in [3.8, 4) is 22.1 Å². The predicted molar refractivity (Wildman–Crippen MR) is 80.7 cm³/mol. The van der Waals surface area contributed by atoms with E-state index in [0.717, 1.165) is 35.0 Å². The first-order chi connectivity index (χ1) is 9.71. The van der Waals surface area contributed by atoms with Gasteiger partial charge in [-0.25, -0.2) is 4.98 Å². The van der Waals surface area contributed by atoms with Gasteiger partial charge in [0.15, 0.2) is 0 Å². The number of hydrogen-bond acceptors (Lipinski definition) is 5. The van der Waals surface area contributed by atoms with Gasteiger partial charge in [-0.05, 0) is 26.1 Å². The number of benzene rings is 1. The standard InChI is InChI=1S/C15H18N2O2S/c1-9-4-10-5-14(18-3)12(6-13(10)19-9)15-17-8-11(20-15)7-16-2/h5-6,8-9,16H,4,7H2,1-3H3. The topological polar surface area (TPSA) is 43.4 Å². The van der Waals surface area contributed by atoms with Gasteiger partial charge >= 0.3 is 0 Å². The number of rotatable bonds is 4. The third kappa shape index (κ3) is 2.39. The second-order valence-corrected chi connectivity index (χ2v) is 6.07.